The monoisotopic (exact) mass is 166 g/mol. The predicted molar refractivity (Wildman–Crippen MR) is 53.0 cm³/mol. The smallest absolute Gasteiger partial charge is 0.0352 e. The molecular formula is C12H22. The summed E-state index contributed by atoms with van der Waals surface area (Å²) in [6.07, 6.45) is 9.04. The van der Waals surface area contributed by atoms with E-state index in [2.05, 4.69) is 13.8 Å². The number of hydrogen-bond donors (Lipinski definition) is 0. The Morgan fingerprint density at radius 2 is 1.25 bits per heavy atom. The van der Waals surface area contributed by atoms with Gasteiger partial charge in [0.25, 0.3) is 0 Å². The van der Waals surface area contributed by atoms with Crippen LogP contribution >= 0.6 is 0 Å². The van der Waals surface area contributed by atoms with Crippen LogP contribution in [0.3, 0.4) is 0 Å². The third-order valence-corrected chi connectivity index (χ3v) is 4.47. The molecule has 0 aromatic carbocycles. The summed E-state index contributed by atoms with van der Waals surface area (Å²) in [4.78, 5) is 0. The molecule has 2 aliphatic rings. The van der Waals surface area contributed by atoms with Crippen LogP contribution in [0.2, 0.25) is 0 Å². The van der Waals surface area contributed by atoms with E-state index in [0.717, 1.165) is 23.7 Å². The van der Waals surface area contributed by atoms with Crippen LogP contribution in [0.4, 0.5) is 0 Å². The highest BCUT2D eigenvalue weighted by Gasteiger charge is 2.47. The van der Waals surface area contributed by atoms with Crippen molar-refractivity contribution in [3.8, 4) is 0 Å². The van der Waals surface area contributed by atoms with Gasteiger partial charge in [0.1, 0.15) is 0 Å². The van der Waals surface area contributed by atoms with E-state index in [-0.39, 0.29) is 0 Å². The summed E-state index contributed by atoms with van der Waals surface area (Å²) in [6, 6.07) is 0. The Morgan fingerprint density at radius 3 is 1.58 bits per heavy atom. The third kappa shape index (κ3) is 1.11. The highest BCUT2D eigenvalue weighted by Crippen LogP contribution is 2.55. The molecule has 0 amide bonds. The van der Waals surface area contributed by atoms with Crippen molar-refractivity contribution in [2.45, 2.75) is 52.4 Å². The van der Waals surface area contributed by atoms with Gasteiger partial charge < -0.3 is 0 Å². The standard InChI is InChI=1S/C12H22/c1-3-9-10(4-2)12-8-6-5-7-11(9)12/h9-12H,3-8H2,1-2H3. The minimum Gasteiger partial charge on any atom is -0.0651 e. The Bertz CT molecular complexity index is 120. The maximum atomic E-state index is 2.39. The second kappa shape index (κ2) is 3.40. The van der Waals surface area contributed by atoms with Gasteiger partial charge in [0.05, 0.1) is 0 Å². The van der Waals surface area contributed by atoms with Crippen molar-refractivity contribution in [1.29, 1.82) is 0 Å². The molecule has 0 nitrogen and oxygen atoms in total. The van der Waals surface area contributed by atoms with Crippen LogP contribution in [0.1, 0.15) is 52.4 Å². The summed E-state index contributed by atoms with van der Waals surface area (Å²) >= 11 is 0. The van der Waals surface area contributed by atoms with Crippen molar-refractivity contribution >= 4 is 0 Å². The lowest BCUT2D eigenvalue weighted by atomic mass is 9.50. The van der Waals surface area contributed by atoms with Crippen molar-refractivity contribution in [2.75, 3.05) is 0 Å². The molecule has 4 atom stereocenters. The Labute approximate surface area is 76.7 Å². The maximum absolute atomic E-state index is 2.39. The highest BCUT2D eigenvalue weighted by molar-refractivity contribution is 4.97. The quantitative estimate of drug-likeness (QED) is 0.584. The Balaban J connectivity index is 1.98. The van der Waals surface area contributed by atoms with E-state index < -0.39 is 0 Å². The van der Waals surface area contributed by atoms with Gasteiger partial charge in [0, 0.05) is 0 Å². The van der Waals surface area contributed by atoms with Gasteiger partial charge in [-0.25, -0.2) is 0 Å². The summed E-state index contributed by atoms with van der Waals surface area (Å²) in [7, 11) is 0. The summed E-state index contributed by atoms with van der Waals surface area (Å²) < 4.78 is 0. The number of rotatable bonds is 2. The first-order valence-electron chi connectivity index (χ1n) is 5.88. The van der Waals surface area contributed by atoms with Gasteiger partial charge in [-0.1, -0.05) is 39.5 Å². The van der Waals surface area contributed by atoms with Crippen LogP contribution < -0.4 is 0 Å². The first-order chi connectivity index (χ1) is 5.88. The molecule has 0 N–H and O–H groups in total. The van der Waals surface area contributed by atoms with E-state index in [1.165, 1.54) is 25.7 Å². The number of hydrogen-bond acceptors (Lipinski definition) is 0. The molecule has 0 aliphatic heterocycles. The maximum Gasteiger partial charge on any atom is -0.0352 e. The summed E-state index contributed by atoms with van der Waals surface area (Å²) in [6.45, 7) is 4.77. The van der Waals surface area contributed by atoms with E-state index in [4.69, 9.17) is 0 Å². The molecule has 70 valence electrons. The van der Waals surface area contributed by atoms with Gasteiger partial charge in [-0.05, 0) is 36.5 Å². The van der Waals surface area contributed by atoms with Crippen molar-refractivity contribution in [1.82, 2.24) is 0 Å². The lowest BCUT2D eigenvalue weighted by molar-refractivity contribution is -0.0566. The zero-order chi connectivity index (χ0) is 8.55. The lowest BCUT2D eigenvalue weighted by Crippen LogP contribution is -2.47. The average molecular weight is 166 g/mol. The van der Waals surface area contributed by atoms with Crippen LogP contribution in [0.25, 0.3) is 0 Å². The van der Waals surface area contributed by atoms with Gasteiger partial charge in [-0.3, -0.25) is 0 Å². The molecule has 0 aromatic heterocycles. The fourth-order valence-electron chi connectivity index (χ4n) is 3.95. The minimum absolute atomic E-state index is 1.11. The van der Waals surface area contributed by atoms with Gasteiger partial charge >= 0.3 is 0 Å². The zero-order valence-corrected chi connectivity index (χ0v) is 8.55. The van der Waals surface area contributed by atoms with Crippen molar-refractivity contribution in [3.63, 3.8) is 0 Å². The molecular weight excluding hydrogens is 144 g/mol. The van der Waals surface area contributed by atoms with Gasteiger partial charge in [0.2, 0.25) is 0 Å². The van der Waals surface area contributed by atoms with E-state index >= 15 is 0 Å². The lowest BCUT2D eigenvalue weighted by Gasteiger charge is -2.55. The normalized spacial score (nSPS) is 46.5. The molecule has 0 saturated heterocycles. The second-order valence-corrected chi connectivity index (χ2v) is 4.76. The first kappa shape index (κ1) is 8.59. The molecule has 0 heteroatoms. The molecule has 2 aliphatic carbocycles. The fraction of sp³-hybridized carbons (Fsp3) is 1.00. The topological polar surface area (TPSA) is 0 Å². The average Bonchev–Trinajstić information content (AvgIpc) is 2.08. The second-order valence-electron chi connectivity index (χ2n) is 4.76. The summed E-state index contributed by atoms with van der Waals surface area (Å²) in [5.41, 5.74) is 0. The molecule has 0 bridgehead atoms. The van der Waals surface area contributed by atoms with Crippen LogP contribution in [0, 0.1) is 23.7 Å². The van der Waals surface area contributed by atoms with Crippen molar-refractivity contribution in [3.05, 3.63) is 0 Å². The van der Waals surface area contributed by atoms with Crippen molar-refractivity contribution < 1.29 is 0 Å². The largest absolute Gasteiger partial charge is 0.0651 e. The number of fused-ring (bicyclic) bond motifs is 1. The van der Waals surface area contributed by atoms with Gasteiger partial charge in [-0.15, -0.1) is 0 Å². The molecule has 2 fully saturated rings. The van der Waals surface area contributed by atoms with Crippen LogP contribution in [-0.2, 0) is 0 Å². The van der Waals surface area contributed by atoms with Crippen LogP contribution in [0.15, 0.2) is 0 Å². The fourth-order valence-corrected chi connectivity index (χ4v) is 3.95. The molecule has 0 radical (unpaired) electrons. The van der Waals surface area contributed by atoms with E-state index in [1.807, 2.05) is 0 Å². The summed E-state index contributed by atoms with van der Waals surface area (Å²) in [5.74, 6) is 4.52. The molecule has 0 spiro atoms. The van der Waals surface area contributed by atoms with Crippen LogP contribution in [-0.4, -0.2) is 0 Å². The van der Waals surface area contributed by atoms with Crippen LogP contribution in [0.5, 0.6) is 0 Å². The van der Waals surface area contributed by atoms with E-state index in [1.54, 1.807) is 12.8 Å². The van der Waals surface area contributed by atoms with E-state index in [0.29, 0.717) is 0 Å². The summed E-state index contributed by atoms with van der Waals surface area (Å²) in [5, 5.41) is 0. The first-order valence-corrected chi connectivity index (χ1v) is 5.88. The highest BCUT2D eigenvalue weighted by atomic mass is 14.5. The zero-order valence-electron chi connectivity index (χ0n) is 8.55. The van der Waals surface area contributed by atoms with Crippen molar-refractivity contribution in [2.24, 2.45) is 23.7 Å². The van der Waals surface area contributed by atoms with E-state index in [9.17, 15) is 0 Å². The molecule has 4 unspecified atom stereocenters. The SMILES string of the molecule is CCC1C(CC)C2CCCCC12. The predicted octanol–water partition coefficient (Wildman–Crippen LogP) is 3.86. The van der Waals surface area contributed by atoms with Gasteiger partial charge in [0.15, 0.2) is 0 Å². The third-order valence-electron chi connectivity index (χ3n) is 4.47. The Hall–Kier alpha value is 0. The molecule has 0 aromatic rings. The Morgan fingerprint density at radius 1 is 0.833 bits per heavy atom. The molecule has 2 rings (SSSR count). The molecule has 0 heterocycles. The molecule has 2 saturated carbocycles. The molecule has 12 heavy (non-hydrogen) atoms. The minimum atomic E-state index is 1.11. The van der Waals surface area contributed by atoms with Gasteiger partial charge in [-0.2, -0.15) is 0 Å². The Kier molecular flexibility index (Phi) is 2.43.